The predicted octanol–water partition coefficient (Wildman–Crippen LogP) is 1.14. The minimum atomic E-state index is 0.337. The molecule has 0 saturated heterocycles. The Morgan fingerprint density at radius 2 is 1.94 bits per heavy atom. The summed E-state index contributed by atoms with van der Waals surface area (Å²) in [7, 11) is 7.56. The number of anilines is 1. The molecule has 90 valence electrons. The highest BCUT2D eigenvalue weighted by molar-refractivity contribution is 6.31. The molecular weight excluding hydrogens is 228 g/mol. The molecule has 0 atom stereocenters. The van der Waals surface area contributed by atoms with Crippen LogP contribution in [0.1, 0.15) is 0 Å². The number of halogens is 1. The van der Waals surface area contributed by atoms with Gasteiger partial charge >= 0.3 is 0 Å². The van der Waals surface area contributed by atoms with E-state index in [1.807, 2.05) is 26.0 Å². The van der Waals surface area contributed by atoms with Gasteiger partial charge in [0.05, 0.1) is 7.11 Å². The van der Waals surface area contributed by atoms with Gasteiger partial charge in [0.25, 0.3) is 0 Å². The molecule has 1 aromatic heterocycles. The minimum absolute atomic E-state index is 0.337. The number of methoxy groups -OCH3 is 1. The van der Waals surface area contributed by atoms with Crippen molar-refractivity contribution in [3.63, 3.8) is 0 Å². The Labute approximate surface area is 101 Å². The van der Waals surface area contributed by atoms with Gasteiger partial charge in [-0.3, -0.25) is 0 Å². The Morgan fingerprint density at radius 3 is 2.50 bits per heavy atom. The van der Waals surface area contributed by atoms with Crippen LogP contribution in [0.15, 0.2) is 6.33 Å². The van der Waals surface area contributed by atoms with Crippen molar-refractivity contribution in [2.45, 2.75) is 0 Å². The lowest BCUT2D eigenvalue weighted by atomic mass is 10.4. The SMILES string of the molecule is COc1c(Cl)ncnc1N(C)CCN(C)C. The molecule has 0 aromatic carbocycles. The molecule has 1 aromatic rings. The summed E-state index contributed by atoms with van der Waals surface area (Å²) < 4.78 is 5.19. The third-order valence-electron chi connectivity index (χ3n) is 2.19. The monoisotopic (exact) mass is 244 g/mol. The van der Waals surface area contributed by atoms with Crippen LogP contribution in [0.25, 0.3) is 0 Å². The second-order valence-electron chi connectivity index (χ2n) is 3.75. The first kappa shape index (κ1) is 13.0. The number of rotatable bonds is 5. The molecule has 0 bridgehead atoms. The van der Waals surface area contributed by atoms with Crippen molar-refractivity contribution in [3.8, 4) is 5.75 Å². The lowest BCUT2D eigenvalue weighted by Crippen LogP contribution is -2.29. The van der Waals surface area contributed by atoms with Crippen LogP contribution in [-0.2, 0) is 0 Å². The smallest absolute Gasteiger partial charge is 0.199 e. The summed E-state index contributed by atoms with van der Waals surface area (Å²) in [6.45, 7) is 1.78. The van der Waals surface area contributed by atoms with Gasteiger partial charge in [0.15, 0.2) is 16.7 Å². The van der Waals surface area contributed by atoms with E-state index in [0.717, 1.165) is 13.1 Å². The number of hydrogen-bond acceptors (Lipinski definition) is 5. The van der Waals surface area contributed by atoms with Crippen molar-refractivity contribution in [1.29, 1.82) is 0 Å². The molecule has 0 fully saturated rings. The van der Waals surface area contributed by atoms with Crippen LogP contribution in [0.5, 0.6) is 5.75 Å². The molecule has 0 radical (unpaired) electrons. The third kappa shape index (κ3) is 3.21. The summed E-state index contributed by atoms with van der Waals surface area (Å²) >= 11 is 5.92. The Hall–Kier alpha value is -1.07. The maximum Gasteiger partial charge on any atom is 0.199 e. The first-order valence-electron chi connectivity index (χ1n) is 4.96. The molecule has 0 aliphatic heterocycles. The number of ether oxygens (including phenoxy) is 1. The van der Waals surface area contributed by atoms with E-state index in [4.69, 9.17) is 16.3 Å². The second-order valence-corrected chi connectivity index (χ2v) is 4.10. The van der Waals surface area contributed by atoms with Crippen LogP contribution in [0.2, 0.25) is 5.15 Å². The van der Waals surface area contributed by atoms with Gasteiger partial charge in [-0.1, -0.05) is 11.6 Å². The summed E-state index contributed by atoms with van der Waals surface area (Å²) in [5, 5.41) is 0.337. The van der Waals surface area contributed by atoms with Crippen molar-refractivity contribution in [2.24, 2.45) is 0 Å². The molecule has 0 N–H and O–H groups in total. The normalized spacial score (nSPS) is 10.6. The van der Waals surface area contributed by atoms with Gasteiger partial charge in [0, 0.05) is 20.1 Å². The Balaban J connectivity index is 2.82. The molecular formula is C10H17ClN4O. The maximum atomic E-state index is 5.92. The quantitative estimate of drug-likeness (QED) is 0.727. The first-order valence-corrected chi connectivity index (χ1v) is 5.34. The van der Waals surface area contributed by atoms with Crippen molar-refractivity contribution in [2.75, 3.05) is 46.2 Å². The Bertz CT molecular complexity index is 346. The molecule has 5 nitrogen and oxygen atoms in total. The molecule has 16 heavy (non-hydrogen) atoms. The lowest BCUT2D eigenvalue weighted by molar-refractivity contribution is 0.403. The third-order valence-corrected chi connectivity index (χ3v) is 2.46. The van der Waals surface area contributed by atoms with Gasteiger partial charge in [0.2, 0.25) is 0 Å². The van der Waals surface area contributed by atoms with Crippen LogP contribution >= 0.6 is 11.6 Å². The molecule has 0 spiro atoms. The highest BCUT2D eigenvalue weighted by Crippen LogP contribution is 2.30. The van der Waals surface area contributed by atoms with E-state index in [1.165, 1.54) is 6.33 Å². The summed E-state index contributed by atoms with van der Waals surface area (Å²) in [6.07, 6.45) is 1.44. The van der Waals surface area contributed by atoms with E-state index < -0.39 is 0 Å². The van der Waals surface area contributed by atoms with Crippen LogP contribution in [0.4, 0.5) is 5.82 Å². The number of aromatic nitrogens is 2. The summed E-state index contributed by atoms with van der Waals surface area (Å²) in [5.41, 5.74) is 0. The maximum absolute atomic E-state index is 5.92. The molecule has 1 heterocycles. The zero-order valence-corrected chi connectivity index (χ0v) is 10.8. The van der Waals surface area contributed by atoms with Crippen molar-refractivity contribution < 1.29 is 4.74 Å². The van der Waals surface area contributed by atoms with Crippen LogP contribution in [0.3, 0.4) is 0 Å². The van der Waals surface area contributed by atoms with Gasteiger partial charge < -0.3 is 14.5 Å². The van der Waals surface area contributed by atoms with Crippen LogP contribution in [0, 0.1) is 0 Å². The van der Waals surface area contributed by atoms with Crippen LogP contribution in [-0.4, -0.2) is 56.2 Å². The van der Waals surface area contributed by atoms with Crippen molar-refractivity contribution in [3.05, 3.63) is 11.5 Å². The van der Waals surface area contributed by atoms with Crippen molar-refractivity contribution in [1.82, 2.24) is 14.9 Å². The fourth-order valence-electron chi connectivity index (χ4n) is 1.25. The fourth-order valence-corrected chi connectivity index (χ4v) is 1.45. The number of likely N-dealkylation sites (N-methyl/N-ethyl adjacent to an activating group) is 2. The fraction of sp³-hybridized carbons (Fsp3) is 0.600. The van der Waals surface area contributed by atoms with E-state index in [1.54, 1.807) is 7.11 Å². The Kier molecular flexibility index (Phi) is 4.76. The van der Waals surface area contributed by atoms with Gasteiger partial charge in [-0.05, 0) is 14.1 Å². The van der Waals surface area contributed by atoms with E-state index in [0.29, 0.717) is 16.7 Å². The van der Waals surface area contributed by atoms with E-state index >= 15 is 0 Å². The highest BCUT2D eigenvalue weighted by atomic mass is 35.5. The van der Waals surface area contributed by atoms with Crippen molar-refractivity contribution >= 4 is 17.4 Å². The molecule has 0 aliphatic rings. The van der Waals surface area contributed by atoms with Gasteiger partial charge in [-0.25, -0.2) is 9.97 Å². The lowest BCUT2D eigenvalue weighted by Gasteiger charge is -2.22. The van der Waals surface area contributed by atoms with E-state index in [-0.39, 0.29) is 0 Å². The summed E-state index contributed by atoms with van der Waals surface area (Å²) in [6, 6.07) is 0. The zero-order valence-electron chi connectivity index (χ0n) is 10.1. The zero-order chi connectivity index (χ0) is 12.1. The standard InChI is InChI=1S/C10H17ClN4O/c1-14(2)5-6-15(3)10-8(16-4)9(11)12-7-13-10/h7H,5-6H2,1-4H3. The van der Waals surface area contributed by atoms with Crippen LogP contribution < -0.4 is 9.64 Å². The largest absolute Gasteiger partial charge is 0.490 e. The average molecular weight is 245 g/mol. The topological polar surface area (TPSA) is 41.5 Å². The minimum Gasteiger partial charge on any atom is -0.490 e. The van der Waals surface area contributed by atoms with Gasteiger partial charge in [-0.15, -0.1) is 0 Å². The second kappa shape index (κ2) is 5.86. The molecule has 0 aliphatic carbocycles. The van der Waals surface area contributed by atoms with Gasteiger partial charge in [-0.2, -0.15) is 0 Å². The number of nitrogens with zero attached hydrogens (tertiary/aromatic N) is 4. The molecule has 1 rings (SSSR count). The van der Waals surface area contributed by atoms with E-state index in [2.05, 4.69) is 14.9 Å². The Morgan fingerprint density at radius 1 is 1.25 bits per heavy atom. The van der Waals surface area contributed by atoms with E-state index in [9.17, 15) is 0 Å². The highest BCUT2D eigenvalue weighted by Gasteiger charge is 2.13. The molecule has 6 heteroatoms. The summed E-state index contributed by atoms with van der Waals surface area (Å²) in [4.78, 5) is 12.2. The average Bonchev–Trinajstić information content (AvgIpc) is 2.25. The molecule has 0 amide bonds. The summed E-state index contributed by atoms with van der Waals surface area (Å²) in [5.74, 6) is 1.23. The number of hydrogen-bond donors (Lipinski definition) is 0. The first-order chi connectivity index (χ1) is 7.56. The van der Waals surface area contributed by atoms with Gasteiger partial charge in [0.1, 0.15) is 6.33 Å². The predicted molar refractivity (Wildman–Crippen MR) is 65.4 cm³/mol. The molecule has 0 saturated carbocycles. The molecule has 0 unspecified atom stereocenters.